The molecule has 0 aliphatic heterocycles. The molecule has 0 spiro atoms. The molecule has 2 unspecified atom stereocenters. The topological polar surface area (TPSA) is 95.9 Å². The molecule has 316 valence electrons. The Hall–Kier alpha value is -1.14. The van der Waals surface area contributed by atoms with Crippen LogP contribution in [0.1, 0.15) is 264 Å². The zero-order chi connectivity index (χ0) is 38.7. The van der Waals surface area contributed by atoms with E-state index < -0.39 is 12.1 Å². The number of aliphatic hydroxyl groups excluding tert-OH is 2. The van der Waals surface area contributed by atoms with Crippen molar-refractivity contribution in [2.45, 2.75) is 276 Å². The number of carbonyl (C=O) groups excluding carboxylic acids is 2. The average Bonchev–Trinajstić information content (AvgIpc) is 3.16. The van der Waals surface area contributed by atoms with Gasteiger partial charge in [0.05, 0.1) is 25.4 Å². The van der Waals surface area contributed by atoms with Crippen molar-refractivity contribution in [1.29, 1.82) is 0 Å². The molecule has 0 aromatic carbocycles. The Bertz CT molecular complexity index is 746. The van der Waals surface area contributed by atoms with E-state index in [-0.39, 0.29) is 18.5 Å². The summed E-state index contributed by atoms with van der Waals surface area (Å²) in [5.74, 6) is -0.0742. The highest BCUT2D eigenvalue weighted by Gasteiger charge is 2.20. The number of esters is 1. The van der Waals surface area contributed by atoms with E-state index in [0.29, 0.717) is 25.9 Å². The molecule has 1 amide bonds. The van der Waals surface area contributed by atoms with Crippen LogP contribution in [0.3, 0.4) is 0 Å². The number of nitrogens with one attached hydrogen (secondary N) is 1. The molecule has 0 aromatic heterocycles. The molecule has 6 nitrogen and oxygen atoms in total. The predicted molar refractivity (Wildman–Crippen MR) is 227 cm³/mol. The van der Waals surface area contributed by atoms with Crippen LogP contribution in [0.4, 0.5) is 0 Å². The van der Waals surface area contributed by atoms with E-state index in [1.165, 1.54) is 173 Å². The fourth-order valence-electron chi connectivity index (χ4n) is 7.46. The summed E-state index contributed by atoms with van der Waals surface area (Å²) < 4.78 is 5.46. The van der Waals surface area contributed by atoms with Gasteiger partial charge in [0.1, 0.15) is 0 Å². The Morgan fingerprint density at radius 1 is 0.453 bits per heavy atom. The van der Waals surface area contributed by atoms with Crippen LogP contribution in [-0.2, 0) is 14.3 Å². The number of ether oxygens (including phenoxy) is 1. The van der Waals surface area contributed by atoms with Crippen LogP contribution in [0.25, 0.3) is 0 Å². The van der Waals surface area contributed by atoms with E-state index in [9.17, 15) is 19.8 Å². The van der Waals surface area contributed by atoms with Crippen molar-refractivity contribution in [3.8, 4) is 0 Å². The van der Waals surface area contributed by atoms with Gasteiger partial charge in [-0.15, -0.1) is 0 Å². The fourth-order valence-corrected chi connectivity index (χ4v) is 7.46. The molecule has 0 aliphatic carbocycles. The second-order valence-corrected chi connectivity index (χ2v) is 16.5. The molecule has 0 bridgehead atoms. The fraction of sp³-hybridized carbons (Fsp3) is 0.957. The first kappa shape index (κ1) is 51.9. The van der Waals surface area contributed by atoms with E-state index in [1.54, 1.807) is 0 Å². The minimum atomic E-state index is -0.674. The van der Waals surface area contributed by atoms with E-state index in [1.807, 2.05) is 0 Å². The number of amides is 1. The van der Waals surface area contributed by atoms with Crippen LogP contribution in [0.2, 0.25) is 0 Å². The van der Waals surface area contributed by atoms with E-state index in [4.69, 9.17) is 4.74 Å². The van der Waals surface area contributed by atoms with Crippen molar-refractivity contribution in [3.05, 3.63) is 0 Å². The molecular weight excluding hydrogens is 659 g/mol. The molecule has 0 saturated carbocycles. The molecule has 2 atom stereocenters. The first-order valence-corrected chi connectivity index (χ1v) is 23.8. The molecule has 0 saturated heterocycles. The van der Waals surface area contributed by atoms with Gasteiger partial charge in [0.25, 0.3) is 0 Å². The van der Waals surface area contributed by atoms with Gasteiger partial charge < -0.3 is 20.3 Å². The normalized spacial score (nSPS) is 12.6. The van der Waals surface area contributed by atoms with E-state index >= 15 is 0 Å². The maximum absolute atomic E-state index is 12.4. The molecule has 0 radical (unpaired) electrons. The van der Waals surface area contributed by atoms with Crippen LogP contribution >= 0.6 is 0 Å². The smallest absolute Gasteiger partial charge is 0.305 e. The number of hydrogen-bond donors (Lipinski definition) is 3. The van der Waals surface area contributed by atoms with Gasteiger partial charge in [-0.25, -0.2) is 0 Å². The number of aliphatic hydroxyl groups is 2. The minimum absolute atomic E-state index is 0.0152. The zero-order valence-corrected chi connectivity index (χ0v) is 35.8. The van der Waals surface area contributed by atoms with Crippen molar-refractivity contribution in [2.24, 2.45) is 0 Å². The number of carbonyl (C=O) groups is 2. The van der Waals surface area contributed by atoms with Gasteiger partial charge in [0, 0.05) is 12.8 Å². The van der Waals surface area contributed by atoms with Gasteiger partial charge in [-0.2, -0.15) is 0 Å². The summed E-state index contributed by atoms with van der Waals surface area (Å²) >= 11 is 0. The molecular formula is C47H93NO5. The van der Waals surface area contributed by atoms with Crippen molar-refractivity contribution in [1.82, 2.24) is 5.32 Å². The second-order valence-electron chi connectivity index (χ2n) is 16.5. The first-order valence-electron chi connectivity index (χ1n) is 23.8. The third-order valence-corrected chi connectivity index (χ3v) is 11.2. The van der Waals surface area contributed by atoms with Gasteiger partial charge in [-0.1, -0.05) is 226 Å². The largest absolute Gasteiger partial charge is 0.466 e. The monoisotopic (exact) mass is 752 g/mol. The lowest BCUT2D eigenvalue weighted by Gasteiger charge is -2.22. The summed E-state index contributed by atoms with van der Waals surface area (Å²) in [5.41, 5.74) is 0. The third kappa shape index (κ3) is 40.3. The second kappa shape index (κ2) is 43.6. The zero-order valence-electron chi connectivity index (χ0n) is 35.8. The summed E-state index contributed by atoms with van der Waals surface area (Å²) in [6, 6.07) is -0.554. The molecule has 0 fully saturated rings. The lowest BCUT2D eigenvalue weighted by Crippen LogP contribution is -2.45. The van der Waals surface area contributed by atoms with Crippen LogP contribution in [0.5, 0.6) is 0 Å². The molecule has 0 aromatic rings. The minimum Gasteiger partial charge on any atom is -0.466 e. The lowest BCUT2D eigenvalue weighted by atomic mass is 10.0. The third-order valence-electron chi connectivity index (χ3n) is 11.2. The summed E-state index contributed by atoms with van der Waals surface area (Å²) in [7, 11) is 0. The van der Waals surface area contributed by atoms with E-state index in [2.05, 4.69) is 19.2 Å². The van der Waals surface area contributed by atoms with Crippen molar-refractivity contribution < 1.29 is 24.5 Å². The Morgan fingerprint density at radius 2 is 0.774 bits per heavy atom. The van der Waals surface area contributed by atoms with Crippen molar-refractivity contribution >= 4 is 11.9 Å². The standard InChI is InChI=1S/C47H93NO5/c1-3-5-7-9-11-13-14-15-16-17-18-19-20-25-29-33-37-41-47(52)53-42-38-34-30-26-22-21-24-28-32-36-40-46(51)48-44(43-49)45(50)39-35-31-27-23-12-10-8-6-4-2/h44-45,49-50H,3-43H2,1-2H3,(H,48,51). The number of unbranched alkanes of at least 4 members (excludes halogenated alkanes) is 33. The Labute approximate surface area is 330 Å². The van der Waals surface area contributed by atoms with Crippen molar-refractivity contribution in [3.63, 3.8) is 0 Å². The lowest BCUT2D eigenvalue weighted by molar-refractivity contribution is -0.143. The van der Waals surface area contributed by atoms with Crippen LogP contribution < -0.4 is 5.32 Å². The molecule has 0 heterocycles. The highest BCUT2D eigenvalue weighted by molar-refractivity contribution is 5.76. The average molecular weight is 752 g/mol. The first-order chi connectivity index (χ1) is 26.0. The molecule has 3 N–H and O–H groups in total. The van der Waals surface area contributed by atoms with Crippen LogP contribution in [0.15, 0.2) is 0 Å². The van der Waals surface area contributed by atoms with Gasteiger partial charge in [0.2, 0.25) is 5.91 Å². The maximum atomic E-state index is 12.4. The quantitative estimate of drug-likeness (QED) is 0.0425. The molecule has 0 aliphatic rings. The summed E-state index contributed by atoms with van der Waals surface area (Å²) in [6.45, 7) is 4.89. The number of rotatable bonds is 44. The SMILES string of the molecule is CCCCCCCCCCCCCCCCCCCC(=O)OCCCCCCCCCCCCC(=O)NC(CO)C(O)CCCCCCCCCCC. The van der Waals surface area contributed by atoms with Crippen molar-refractivity contribution in [2.75, 3.05) is 13.2 Å². The van der Waals surface area contributed by atoms with Gasteiger partial charge in [0.15, 0.2) is 0 Å². The van der Waals surface area contributed by atoms with E-state index in [0.717, 1.165) is 57.8 Å². The Morgan fingerprint density at radius 3 is 1.15 bits per heavy atom. The van der Waals surface area contributed by atoms with Gasteiger partial charge >= 0.3 is 5.97 Å². The molecule has 0 rings (SSSR count). The Kier molecular flexibility index (Phi) is 42.6. The molecule has 6 heteroatoms. The van der Waals surface area contributed by atoms with Crippen LogP contribution in [-0.4, -0.2) is 47.4 Å². The Balaban J connectivity index is 3.42. The maximum Gasteiger partial charge on any atom is 0.305 e. The van der Waals surface area contributed by atoms with Crippen LogP contribution in [0, 0.1) is 0 Å². The van der Waals surface area contributed by atoms with Gasteiger partial charge in [-0.3, -0.25) is 9.59 Å². The summed E-state index contributed by atoms with van der Waals surface area (Å²) in [4.78, 5) is 24.4. The van der Waals surface area contributed by atoms with Gasteiger partial charge in [-0.05, 0) is 25.7 Å². The molecule has 53 heavy (non-hydrogen) atoms. The summed E-state index contributed by atoms with van der Waals surface area (Å²) in [6.07, 6.45) is 46.4. The summed E-state index contributed by atoms with van der Waals surface area (Å²) in [5, 5.41) is 23.0. The predicted octanol–water partition coefficient (Wildman–Crippen LogP) is 13.6. The highest BCUT2D eigenvalue weighted by atomic mass is 16.5. The number of hydrogen-bond acceptors (Lipinski definition) is 5. The highest BCUT2D eigenvalue weighted by Crippen LogP contribution is 2.16.